The minimum absolute atomic E-state index is 0.114. The summed E-state index contributed by atoms with van der Waals surface area (Å²) >= 11 is 0. The molecule has 0 unspecified atom stereocenters. The number of alkyl halides is 3. The number of nitrogens with zero attached hydrogens (tertiary/aromatic N) is 4. The first kappa shape index (κ1) is 22.0. The molecule has 0 spiro atoms. The first-order valence-corrected chi connectivity index (χ1v) is 11.8. The molecule has 7 rings (SSSR count). The molecule has 4 aromatic rings. The van der Waals surface area contributed by atoms with Crippen LogP contribution in [0.2, 0.25) is 0 Å². The lowest BCUT2D eigenvalue weighted by Gasteiger charge is -2.74. The molecule has 0 aliphatic heterocycles. The van der Waals surface area contributed by atoms with Gasteiger partial charge in [0.05, 0.1) is 0 Å². The molecule has 0 amide bonds. The third kappa shape index (κ3) is 3.93. The molecule has 0 saturated heterocycles. The van der Waals surface area contributed by atoms with Crippen LogP contribution in [0.5, 0.6) is 0 Å². The second-order valence-corrected chi connectivity index (χ2v) is 9.93. The highest BCUT2D eigenvalue weighted by Gasteiger charge is 2.70. The number of benzene rings is 2. The molecule has 2 aromatic heterocycles. The Bertz CT molecular complexity index is 1250. The summed E-state index contributed by atoms with van der Waals surface area (Å²) in [5.41, 5.74) is 3.17. The minimum Gasteiger partial charge on any atom is -0.290 e. The molecule has 4 nitrogen and oxygen atoms in total. The van der Waals surface area contributed by atoms with Crippen molar-refractivity contribution in [2.24, 2.45) is 0 Å². The Morgan fingerprint density at radius 1 is 0.800 bits per heavy atom. The largest absolute Gasteiger partial charge is 0.434 e. The number of halogens is 3. The lowest BCUT2D eigenvalue weighted by Crippen LogP contribution is -2.76. The summed E-state index contributed by atoms with van der Waals surface area (Å²) in [7, 11) is 0. The maximum atomic E-state index is 12.9. The molecule has 2 heterocycles. The monoisotopic (exact) mass is 474 g/mol. The molecule has 0 atom stereocenters. The number of rotatable bonds is 7. The van der Waals surface area contributed by atoms with Gasteiger partial charge in [0.2, 0.25) is 0 Å². The van der Waals surface area contributed by atoms with Gasteiger partial charge in [-0.3, -0.25) is 9.47 Å². The van der Waals surface area contributed by atoms with E-state index in [9.17, 15) is 13.2 Å². The molecule has 0 N–H and O–H groups in total. The lowest BCUT2D eigenvalue weighted by atomic mass is 9.37. The van der Waals surface area contributed by atoms with Crippen molar-refractivity contribution >= 4 is 0 Å². The van der Waals surface area contributed by atoms with Crippen molar-refractivity contribution in [2.45, 2.75) is 49.5 Å². The Labute approximate surface area is 202 Å². The predicted octanol–water partition coefficient (Wildman–Crippen LogP) is 6.16. The summed E-state index contributed by atoms with van der Waals surface area (Å²) < 4.78 is 39.9. The number of hydrogen-bond acceptors (Lipinski definition) is 3. The normalized spacial score (nSPS) is 23.1. The molecule has 2 aromatic carbocycles. The molecule has 3 aliphatic rings. The SMILES string of the molecule is FC(F)(F)c1cn(-c2ccc(C34CC(N(Cc5ccccc5)Cc5ccccc5)(C3)C4)cn2)cn1. The minimum atomic E-state index is -4.46. The van der Waals surface area contributed by atoms with Crippen molar-refractivity contribution in [3.63, 3.8) is 0 Å². The van der Waals surface area contributed by atoms with Gasteiger partial charge in [-0.25, -0.2) is 9.97 Å². The van der Waals surface area contributed by atoms with Gasteiger partial charge >= 0.3 is 6.18 Å². The van der Waals surface area contributed by atoms with Gasteiger partial charge in [0.25, 0.3) is 0 Å². The van der Waals surface area contributed by atoms with Crippen LogP contribution in [0.15, 0.2) is 91.5 Å². The number of pyridine rings is 1. The molecule has 3 saturated carbocycles. The van der Waals surface area contributed by atoms with Crippen molar-refractivity contribution in [3.8, 4) is 5.82 Å². The summed E-state index contributed by atoms with van der Waals surface area (Å²) in [5.74, 6) is 0.438. The average molecular weight is 475 g/mol. The Balaban J connectivity index is 1.18. The van der Waals surface area contributed by atoms with Crippen molar-refractivity contribution in [3.05, 3.63) is 114 Å². The fourth-order valence-electron chi connectivity index (χ4n) is 5.82. The van der Waals surface area contributed by atoms with Crippen LogP contribution in [0.1, 0.15) is 41.6 Å². The molecular weight excluding hydrogens is 449 g/mol. The zero-order valence-electron chi connectivity index (χ0n) is 19.1. The smallest absolute Gasteiger partial charge is 0.290 e. The van der Waals surface area contributed by atoms with Gasteiger partial charge in [0.1, 0.15) is 12.1 Å². The standard InChI is InChI=1S/C28H25F3N4/c29-28(30,31)24-16-34(20-33-24)25-12-11-23(13-32-25)26-17-27(18-26,19-26)35(14-21-7-3-1-4-8-21)15-22-9-5-2-6-10-22/h1-13,16,20H,14-15,17-19H2. The quantitative estimate of drug-likeness (QED) is 0.322. The summed E-state index contributed by atoms with van der Waals surface area (Å²) in [6, 6.07) is 25.0. The molecule has 3 fully saturated rings. The van der Waals surface area contributed by atoms with Crippen molar-refractivity contribution in [1.82, 2.24) is 19.4 Å². The van der Waals surface area contributed by atoms with Crippen LogP contribution in [0.25, 0.3) is 5.82 Å². The third-order valence-electron chi connectivity index (χ3n) is 7.60. The summed E-state index contributed by atoms with van der Waals surface area (Å²) in [6.45, 7) is 1.82. The third-order valence-corrected chi connectivity index (χ3v) is 7.60. The van der Waals surface area contributed by atoms with Gasteiger partial charge in [-0.05, 0) is 42.0 Å². The van der Waals surface area contributed by atoms with Crippen molar-refractivity contribution < 1.29 is 13.2 Å². The number of imidazole rings is 1. The van der Waals surface area contributed by atoms with E-state index >= 15 is 0 Å². The van der Waals surface area contributed by atoms with Crippen LogP contribution in [0, 0.1) is 0 Å². The van der Waals surface area contributed by atoms with Crippen LogP contribution in [0.3, 0.4) is 0 Å². The van der Waals surface area contributed by atoms with Crippen LogP contribution >= 0.6 is 0 Å². The zero-order valence-corrected chi connectivity index (χ0v) is 19.1. The van der Waals surface area contributed by atoms with E-state index in [-0.39, 0.29) is 11.0 Å². The van der Waals surface area contributed by atoms with E-state index in [1.54, 1.807) is 6.07 Å². The summed E-state index contributed by atoms with van der Waals surface area (Å²) in [5, 5.41) is 0. The Kier molecular flexibility index (Phi) is 5.07. The fraction of sp³-hybridized carbons (Fsp3) is 0.286. The van der Waals surface area contributed by atoms with Gasteiger partial charge in [0.15, 0.2) is 5.69 Å². The van der Waals surface area contributed by atoms with E-state index in [1.165, 1.54) is 21.3 Å². The average Bonchev–Trinajstić information content (AvgIpc) is 3.30. The maximum absolute atomic E-state index is 12.9. The predicted molar refractivity (Wildman–Crippen MR) is 127 cm³/mol. The van der Waals surface area contributed by atoms with Crippen LogP contribution < -0.4 is 0 Å². The molecular formula is C28H25F3N4. The maximum Gasteiger partial charge on any atom is 0.434 e. The highest BCUT2D eigenvalue weighted by Crippen LogP contribution is 2.70. The van der Waals surface area contributed by atoms with Crippen molar-refractivity contribution in [1.29, 1.82) is 0 Å². The van der Waals surface area contributed by atoms with Gasteiger partial charge in [0, 0.05) is 36.4 Å². The van der Waals surface area contributed by atoms with E-state index in [1.807, 2.05) is 24.4 Å². The Hall–Kier alpha value is -3.45. The van der Waals surface area contributed by atoms with Crippen molar-refractivity contribution in [2.75, 3.05) is 0 Å². The highest BCUT2D eigenvalue weighted by atomic mass is 19.4. The van der Waals surface area contributed by atoms with Gasteiger partial charge in [-0.2, -0.15) is 13.2 Å². The van der Waals surface area contributed by atoms with E-state index in [4.69, 9.17) is 0 Å². The lowest BCUT2D eigenvalue weighted by molar-refractivity contribution is -0.178. The van der Waals surface area contributed by atoms with Crippen LogP contribution in [-0.2, 0) is 24.7 Å². The van der Waals surface area contributed by atoms with Crippen LogP contribution in [-0.4, -0.2) is 25.0 Å². The second kappa shape index (κ2) is 8.05. The highest BCUT2D eigenvalue weighted by molar-refractivity contribution is 5.43. The zero-order chi connectivity index (χ0) is 24.1. The Morgan fingerprint density at radius 3 is 1.89 bits per heavy atom. The fourth-order valence-corrected chi connectivity index (χ4v) is 5.82. The van der Waals surface area contributed by atoms with Gasteiger partial charge < -0.3 is 0 Å². The topological polar surface area (TPSA) is 34.0 Å². The molecule has 178 valence electrons. The molecule has 3 aliphatic carbocycles. The summed E-state index contributed by atoms with van der Waals surface area (Å²) in [6.07, 6.45) is 2.72. The first-order chi connectivity index (χ1) is 16.9. The number of hydrogen-bond donors (Lipinski definition) is 0. The molecule has 0 radical (unpaired) electrons. The van der Waals surface area contributed by atoms with E-state index < -0.39 is 11.9 Å². The Morgan fingerprint density at radius 2 is 1.40 bits per heavy atom. The van der Waals surface area contributed by atoms with E-state index in [0.717, 1.165) is 44.9 Å². The first-order valence-electron chi connectivity index (χ1n) is 11.8. The second-order valence-electron chi connectivity index (χ2n) is 9.93. The van der Waals surface area contributed by atoms with Gasteiger partial charge in [-0.1, -0.05) is 66.7 Å². The van der Waals surface area contributed by atoms with E-state index in [0.29, 0.717) is 5.82 Å². The number of aromatic nitrogens is 3. The summed E-state index contributed by atoms with van der Waals surface area (Å²) in [4.78, 5) is 10.5. The molecule has 7 heteroatoms. The van der Waals surface area contributed by atoms with Crippen LogP contribution in [0.4, 0.5) is 13.2 Å². The molecule has 2 bridgehead atoms. The van der Waals surface area contributed by atoms with Gasteiger partial charge in [-0.15, -0.1) is 0 Å². The molecule has 35 heavy (non-hydrogen) atoms. The van der Waals surface area contributed by atoms with E-state index in [2.05, 4.69) is 63.4 Å².